The molecule has 116 valence electrons. The molecule has 1 N–H and O–H groups in total. The van der Waals surface area contributed by atoms with E-state index in [0.29, 0.717) is 5.92 Å². The van der Waals surface area contributed by atoms with Crippen LogP contribution in [-0.2, 0) is 0 Å². The Morgan fingerprint density at radius 1 is 1.04 bits per heavy atom. The molecule has 0 spiro atoms. The standard InChI is InChI=1S/C18H19N5/c1-2-6-16-15(5-1)18(22-13-21-16)23-10-8-14(12-23)11-20-17-7-3-4-9-19-17/h1-7,9,13-14H,8,10-12H2,(H,19,20)/t14-/m0/s1. The Labute approximate surface area is 135 Å². The summed E-state index contributed by atoms with van der Waals surface area (Å²) >= 11 is 0. The van der Waals surface area contributed by atoms with Crippen LogP contribution in [0.25, 0.3) is 10.9 Å². The van der Waals surface area contributed by atoms with Crippen molar-refractivity contribution in [1.29, 1.82) is 0 Å². The Morgan fingerprint density at radius 2 is 1.96 bits per heavy atom. The molecule has 2 aromatic heterocycles. The fourth-order valence-electron chi connectivity index (χ4n) is 3.15. The van der Waals surface area contributed by atoms with Crippen molar-refractivity contribution in [3.63, 3.8) is 0 Å². The fraction of sp³-hybridized carbons (Fsp3) is 0.278. The van der Waals surface area contributed by atoms with Crippen LogP contribution < -0.4 is 10.2 Å². The third-order valence-electron chi connectivity index (χ3n) is 4.34. The molecule has 5 nitrogen and oxygen atoms in total. The summed E-state index contributed by atoms with van der Waals surface area (Å²) in [5.74, 6) is 2.60. The van der Waals surface area contributed by atoms with Crippen LogP contribution in [0.4, 0.5) is 11.6 Å². The maximum absolute atomic E-state index is 4.52. The maximum Gasteiger partial charge on any atom is 0.139 e. The maximum atomic E-state index is 4.52. The van der Waals surface area contributed by atoms with E-state index in [2.05, 4.69) is 31.2 Å². The molecule has 3 aromatic rings. The van der Waals surface area contributed by atoms with Gasteiger partial charge in [0.05, 0.1) is 5.52 Å². The highest BCUT2D eigenvalue weighted by Gasteiger charge is 2.24. The van der Waals surface area contributed by atoms with Gasteiger partial charge in [-0.2, -0.15) is 0 Å². The van der Waals surface area contributed by atoms with Crippen molar-refractivity contribution in [1.82, 2.24) is 15.0 Å². The van der Waals surface area contributed by atoms with Crippen LogP contribution in [0, 0.1) is 5.92 Å². The van der Waals surface area contributed by atoms with Gasteiger partial charge in [0.1, 0.15) is 18.0 Å². The SMILES string of the molecule is c1ccc(NC[C@@H]2CCN(c3ncnc4ccccc34)C2)nc1. The number of nitrogens with zero attached hydrogens (tertiary/aromatic N) is 4. The van der Waals surface area contributed by atoms with Crippen molar-refractivity contribution >= 4 is 22.5 Å². The van der Waals surface area contributed by atoms with Crippen molar-refractivity contribution < 1.29 is 0 Å². The van der Waals surface area contributed by atoms with E-state index in [4.69, 9.17) is 0 Å². The van der Waals surface area contributed by atoms with Crippen molar-refractivity contribution in [2.45, 2.75) is 6.42 Å². The first kappa shape index (κ1) is 13.9. The Bertz CT molecular complexity index is 784. The van der Waals surface area contributed by atoms with Crippen molar-refractivity contribution in [3.05, 3.63) is 55.0 Å². The number of benzene rings is 1. The number of nitrogens with one attached hydrogen (secondary N) is 1. The first-order valence-electron chi connectivity index (χ1n) is 8.00. The van der Waals surface area contributed by atoms with E-state index in [1.807, 2.05) is 42.6 Å². The molecule has 0 aliphatic carbocycles. The highest BCUT2D eigenvalue weighted by atomic mass is 15.2. The smallest absolute Gasteiger partial charge is 0.139 e. The van der Waals surface area contributed by atoms with Crippen LogP contribution in [0.15, 0.2) is 55.0 Å². The topological polar surface area (TPSA) is 53.9 Å². The third-order valence-corrected chi connectivity index (χ3v) is 4.34. The van der Waals surface area contributed by atoms with Gasteiger partial charge in [-0.1, -0.05) is 18.2 Å². The molecule has 1 aromatic carbocycles. The molecular formula is C18H19N5. The molecule has 1 aliphatic rings. The van der Waals surface area contributed by atoms with E-state index in [9.17, 15) is 0 Å². The lowest BCUT2D eigenvalue weighted by atomic mass is 10.1. The molecule has 0 radical (unpaired) electrons. The fourth-order valence-corrected chi connectivity index (χ4v) is 3.15. The zero-order valence-electron chi connectivity index (χ0n) is 12.9. The van der Waals surface area contributed by atoms with Crippen LogP contribution in [0.1, 0.15) is 6.42 Å². The molecule has 0 saturated carbocycles. The number of rotatable bonds is 4. The second kappa shape index (κ2) is 6.20. The van der Waals surface area contributed by atoms with Gasteiger partial charge in [0, 0.05) is 31.2 Å². The average molecular weight is 305 g/mol. The van der Waals surface area contributed by atoms with Crippen LogP contribution in [-0.4, -0.2) is 34.6 Å². The predicted molar refractivity (Wildman–Crippen MR) is 92.6 cm³/mol. The summed E-state index contributed by atoms with van der Waals surface area (Å²) in [6.07, 6.45) is 4.64. The summed E-state index contributed by atoms with van der Waals surface area (Å²) in [6.45, 7) is 2.99. The predicted octanol–water partition coefficient (Wildman–Crippen LogP) is 2.96. The van der Waals surface area contributed by atoms with Crippen molar-refractivity contribution in [3.8, 4) is 0 Å². The summed E-state index contributed by atoms with van der Waals surface area (Å²) in [4.78, 5) is 15.6. The quantitative estimate of drug-likeness (QED) is 0.803. The Balaban J connectivity index is 1.45. The van der Waals surface area contributed by atoms with Gasteiger partial charge in [-0.25, -0.2) is 15.0 Å². The monoisotopic (exact) mass is 305 g/mol. The Kier molecular flexibility index (Phi) is 3.76. The number of anilines is 2. The van der Waals surface area contributed by atoms with E-state index in [-0.39, 0.29) is 0 Å². The molecule has 1 fully saturated rings. The summed E-state index contributed by atoms with van der Waals surface area (Å²) in [5.41, 5.74) is 1.01. The zero-order chi connectivity index (χ0) is 15.5. The van der Waals surface area contributed by atoms with Crippen LogP contribution in [0.5, 0.6) is 0 Å². The van der Waals surface area contributed by atoms with E-state index in [0.717, 1.165) is 48.6 Å². The number of pyridine rings is 1. The van der Waals surface area contributed by atoms with Gasteiger partial charge in [-0.05, 0) is 36.6 Å². The van der Waals surface area contributed by atoms with E-state index in [1.54, 1.807) is 6.33 Å². The first-order valence-corrected chi connectivity index (χ1v) is 8.00. The van der Waals surface area contributed by atoms with Crippen LogP contribution >= 0.6 is 0 Å². The molecule has 0 unspecified atom stereocenters. The summed E-state index contributed by atoms with van der Waals surface area (Å²) in [5, 5.41) is 4.56. The van der Waals surface area contributed by atoms with Crippen LogP contribution in [0.2, 0.25) is 0 Å². The normalized spacial score (nSPS) is 17.6. The van der Waals surface area contributed by atoms with Crippen molar-refractivity contribution in [2.75, 3.05) is 29.9 Å². The van der Waals surface area contributed by atoms with Crippen molar-refractivity contribution in [2.24, 2.45) is 5.92 Å². The lowest BCUT2D eigenvalue weighted by Crippen LogP contribution is -2.23. The number of hydrogen-bond donors (Lipinski definition) is 1. The van der Waals surface area contributed by atoms with Gasteiger partial charge in [0.2, 0.25) is 0 Å². The second-order valence-corrected chi connectivity index (χ2v) is 5.91. The molecule has 5 heteroatoms. The van der Waals surface area contributed by atoms with E-state index < -0.39 is 0 Å². The van der Waals surface area contributed by atoms with Crippen LogP contribution in [0.3, 0.4) is 0 Å². The number of hydrogen-bond acceptors (Lipinski definition) is 5. The minimum absolute atomic E-state index is 0.603. The molecule has 4 rings (SSSR count). The number of para-hydroxylation sites is 1. The summed E-state index contributed by atoms with van der Waals surface area (Å²) in [6, 6.07) is 14.1. The molecule has 0 bridgehead atoms. The molecule has 1 saturated heterocycles. The average Bonchev–Trinajstić information content (AvgIpc) is 3.09. The Morgan fingerprint density at radius 3 is 2.87 bits per heavy atom. The highest BCUT2D eigenvalue weighted by molar-refractivity contribution is 5.89. The lowest BCUT2D eigenvalue weighted by molar-refractivity contribution is 0.621. The van der Waals surface area contributed by atoms with E-state index >= 15 is 0 Å². The lowest BCUT2D eigenvalue weighted by Gasteiger charge is -2.19. The second-order valence-electron chi connectivity index (χ2n) is 5.91. The van der Waals surface area contributed by atoms with E-state index in [1.165, 1.54) is 0 Å². The molecule has 1 atom stereocenters. The molecule has 23 heavy (non-hydrogen) atoms. The van der Waals surface area contributed by atoms with Gasteiger partial charge < -0.3 is 10.2 Å². The number of aromatic nitrogens is 3. The number of fused-ring (bicyclic) bond motifs is 1. The third kappa shape index (κ3) is 2.95. The van der Waals surface area contributed by atoms with Gasteiger partial charge >= 0.3 is 0 Å². The van der Waals surface area contributed by atoms with Gasteiger partial charge in [-0.15, -0.1) is 0 Å². The largest absolute Gasteiger partial charge is 0.370 e. The Hall–Kier alpha value is -2.69. The van der Waals surface area contributed by atoms with Gasteiger partial charge in [0.25, 0.3) is 0 Å². The van der Waals surface area contributed by atoms with Gasteiger partial charge in [0.15, 0.2) is 0 Å². The molecule has 1 aliphatic heterocycles. The molecule has 3 heterocycles. The highest BCUT2D eigenvalue weighted by Crippen LogP contribution is 2.27. The summed E-state index contributed by atoms with van der Waals surface area (Å²) < 4.78 is 0. The van der Waals surface area contributed by atoms with Gasteiger partial charge in [-0.3, -0.25) is 0 Å². The molecule has 0 amide bonds. The minimum atomic E-state index is 0.603. The summed E-state index contributed by atoms with van der Waals surface area (Å²) in [7, 11) is 0. The first-order chi connectivity index (χ1) is 11.4. The minimum Gasteiger partial charge on any atom is -0.370 e. The zero-order valence-corrected chi connectivity index (χ0v) is 12.9. The molecular weight excluding hydrogens is 286 g/mol.